The highest BCUT2D eigenvalue weighted by Gasteiger charge is 2.40. The summed E-state index contributed by atoms with van der Waals surface area (Å²) in [7, 11) is -3.01. The van der Waals surface area contributed by atoms with E-state index in [1.165, 1.54) is 19.3 Å². The Bertz CT molecular complexity index is 492. The number of unbranched alkanes of at least 4 members (excludes halogenated alkanes) is 1. The van der Waals surface area contributed by atoms with Gasteiger partial charge in [-0.25, -0.2) is 8.42 Å². The fraction of sp³-hybridized carbons (Fsp3) is 0.941. The first-order valence-electron chi connectivity index (χ1n) is 9.03. The van der Waals surface area contributed by atoms with Crippen LogP contribution in [0.5, 0.6) is 0 Å². The Morgan fingerprint density at radius 3 is 2.46 bits per heavy atom. The first-order chi connectivity index (χ1) is 10.8. The summed E-state index contributed by atoms with van der Waals surface area (Å²) >= 11 is 0. The smallest absolute Gasteiger partial charge is 0.194 e. The molecule has 0 aliphatic carbocycles. The van der Waals surface area contributed by atoms with Gasteiger partial charge in [0.15, 0.2) is 15.8 Å². The van der Waals surface area contributed by atoms with Crippen LogP contribution in [-0.4, -0.2) is 56.0 Å². The van der Waals surface area contributed by atoms with Crippen molar-refractivity contribution in [2.24, 2.45) is 10.9 Å². The van der Waals surface area contributed by atoms with E-state index >= 15 is 0 Å². The van der Waals surface area contributed by atoms with Crippen molar-refractivity contribution in [2.75, 3.05) is 31.9 Å². The second-order valence-corrected chi connectivity index (χ2v) is 9.85. The maximum absolute atomic E-state index is 12.2. The predicted octanol–water partition coefficient (Wildman–Crippen LogP) is 3.30. The second kappa shape index (κ2) is 10.8. The van der Waals surface area contributed by atoms with Crippen molar-refractivity contribution in [1.82, 2.24) is 10.2 Å². The van der Waals surface area contributed by atoms with Crippen LogP contribution in [0.3, 0.4) is 0 Å². The van der Waals surface area contributed by atoms with E-state index in [0.29, 0.717) is 19.0 Å². The van der Waals surface area contributed by atoms with Crippen molar-refractivity contribution in [2.45, 2.75) is 65.0 Å². The Labute approximate surface area is 166 Å². The molecule has 0 aromatic carbocycles. The number of hydrogen-bond donors (Lipinski definition) is 1. The molecule has 0 bridgehead atoms. The van der Waals surface area contributed by atoms with Crippen LogP contribution in [0.2, 0.25) is 0 Å². The Morgan fingerprint density at radius 1 is 1.29 bits per heavy atom. The number of aliphatic imine (C=N–C) groups is 1. The molecule has 24 heavy (non-hydrogen) atoms. The van der Waals surface area contributed by atoms with Gasteiger partial charge in [-0.05, 0) is 33.1 Å². The number of rotatable bonds is 7. The van der Waals surface area contributed by atoms with Crippen LogP contribution in [0.15, 0.2) is 4.99 Å². The minimum atomic E-state index is -3.01. The first kappa shape index (κ1) is 23.9. The molecule has 1 unspecified atom stereocenters. The van der Waals surface area contributed by atoms with Crippen LogP contribution in [0.25, 0.3) is 0 Å². The zero-order valence-electron chi connectivity index (χ0n) is 16.0. The number of nitrogens with one attached hydrogen (secondary N) is 1. The molecule has 0 aromatic heterocycles. The molecule has 7 heteroatoms. The average molecular weight is 473 g/mol. The molecule has 1 atom stereocenters. The Kier molecular flexibility index (Phi) is 10.8. The van der Waals surface area contributed by atoms with Gasteiger partial charge in [0.05, 0.1) is 10.5 Å². The standard InChI is InChI=1S/C17H35N3O2S.HI/c1-6-9-10-15(7-2)13-19-16(18-8-3)20-11-12-23(21,22)17(4,5)14-20;/h15H,6-14H2,1-5H3,(H,18,19);1H. The summed E-state index contributed by atoms with van der Waals surface area (Å²) in [5.41, 5.74) is 0. The monoisotopic (exact) mass is 473 g/mol. The molecule has 144 valence electrons. The molecular weight excluding hydrogens is 437 g/mol. The summed E-state index contributed by atoms with van der Waals surface area (Å²) < 4.78 is 23.6. The lowest BCUT2D eigenvalue weighted by Crippen LogP contribution is -2.57. The lowest BCUT2D eigenvalue weighted by molar-refractivity contribution is 0.351. The average Bonchev–Trinajstić information content (AvgIpc) is 2.49. The third kappa shape index (κ3) is 6.69. The SMILES string of the molecule is CCCCC(CC)CN=C(NCC)N1CCS(=O)(=O)C(C)(C)C1.I. The summed E-state index contributed by atoms with van der Waals surface area (Å²) in [5, 5.41) is 3.33. The van der Waals surface area contributed by atoms with Gasteiger partial charge in [-0.1, -0.05) is 33.1 Å². The van der Waals surface area contributed by atoms with Crippen LogP contribution < -0.4 is 5.32 Å². The van der Waals surface area contributed by atoms with Gasteiger partial charge >= 0.3 is 0 Å². The third-order valence-corrected chi connectivity index (χ3v) is 7.25. The molecule has 1 aliphatic heterocycles. The summed E-state index contributed by atoms with van der Waals surface area (Å²) in [6.45, 7) is 12.8. The third-order valence-electron chi connectivity index (χ3n) is 4.72. The molecule has 1 rings (SSSR count). The van der Waals surface area contributed by atoms with E-state index in [1.54, 1.807) is 0 Å². The minimum Gasteiger partial charge on any atom is -0.357 e. The quantitative estimate of drug-likeness (QED) is 0.350. The van der Waals surface area contributed by atoms with Gasteiger partial charge in [0.25, 0.3) is 0 Å². The van der Waals surface area contributed by atoms with Gasteiger partial charge in [-0.3, -0.25) is 4.99 Å². The van der Waals surface area contributed by atoms with Crippen molar-refractivity contribution in [1.29, 1.82) is 0 Å². The van der Waals surface area contributed by atoms with Gasteiger partial charge in [-0.2, -0.15) is 0 Å². The second-order valence-electron chi connectivity index (χ2n) is 7.11. The van der Waals surface area contributed by atoms with Gasteiger partial charge in [0.1, 0.15) is 0 Å². The summed E-state index contributed by atoms with van der Waals surface area (Å²) in [4.78, 5) is 6.92. The molecule has 1 N–H and O–H groups in total. The largest absolute Gasteiger partial charge is 0.357 e. The topological polar surface area (TPSA) is 61.8 Å². The van der Waals surface area contributed by atoms with Gasteiger partial charge < -0.3 is 10.2 Å². The first-order valence-corrected chi connectivity index (χ1v) is 10.7. The molecule has 0 saturated carbocycles. The maximum atomic E-state index is 12.2. The number of hydrogen-bond acceptors (Lipinski definition) is 3. The van der Waals surface area contributed by atoms with Crippen molar-refractivity contribution >= 4 is 39.8 Å². The zero-order valence-corrected chi connectivity index (χ0v) is 19.1. The van der Waals surface area contributed by atoms with E-state index < -0.39 is 14.6 Å². The lowest BCUT2D eigenvalue weighted by atomic mass is 10.00. The van der Waals surface area contributed by atoms with Crippen molar-refractivity contribution in [3.8, 4) is 0 Å². The molecule has 0 amide bonds. The predicted molar refractivity (Wildman–Crippen MR) is 114 cm³/mol. The van der Waals surface area contributed by atoms with E-state index in [1.807, 2.05) is 13.8 Å². The molecule has 0 aromatic rings. The van der Waals surface area contributed by atoms with Gasteiger partial charge in [-0.15, -0.1) is 24.0 Å². The van der Waals surface area contributed by atoms with E-state index in [9.17, 15) is 8.42 Å². The highest BCUT2D eigenvalue weighted by molar-refractivity contribution is 14.0. The molecule has 1 heterocycles. The van der Waals surface area contributed by atoms with E-state index in [-0.39, 0.29) is 29.7 Å². The lowest BCUT2D eigenvalue weighted by Gasteiger charge is -2.39. The Hall–Kier alpha value is -0.0500. The molecule has 0 spiro atoms. The number of sulfone groups is 1. The molecular formula is C17H36IN3O2S. The fourth-order valence-electron chi connectivity index (χ4n) is 2.88. The Balaban J connectivity index is 0.00000529. The molecule has 0 radical (unpaired) electrons. The number of halogens is 1. The molecule has 1 aliphatic rings. The van der Waals surface area contributed by atoms with Crippen LogP contribution in [-0.2, 0) is 9.84 Å². The van der Waals surface area contributed by atoms with Crippen molar-refractivity contribution in [3.05, 3.63) is 0 Å². The van der Waals surface area contributed by atoms with Crippen LogP contribution in [0, 0.1) is 5.92 Å². The van der Waals surface area contributed by atoms with Crippen LogP contribution >= 0.6 is 24.0 Å². The fourth-order valence-corrected chi connectivity index (χ4v) is 4.25. The molecule has 1 saturated heterocycles. The molecule has 1 fully saturated rings. The highest BCUT2D eigenvalue weighted by Crippen LogP contribution is 2.24. The zero-order chi connectivity index (χ0) is 17.5. The Morgan fingerprint density at radius 2 is 1.96 bits per heavy atom. The highest BCUT2D eigenvalue weighted by atomic mass is 127. The van der Waals surface area contributed by atoms with E-state index in [0.717, 1.165) is 25.5 Å². The summed E-state index contributed by atoms with van der Waals surface area (Å²) in [6.07, 6.45) is 4.83. The maximum Gasteiger partial charge on any atom is 0.194 e. The van der Waals surface area contributed by atoms with E-state index in [4.69, 9.17) is 4.99 Å². The van der Waals surface area contributed by atoms with Gasteiger partial charge in [0, 0.05) is 26.2 Å². The number of nitrogens with zero attached hydrogens (tertiary/aromatic N) is 2. The summed E-state index contributed by atoms with van der Waals surface area (Å²) in [5.74, 6) is 1.69. The van der Waals surface area contributed by atoms with E-state index in [2.05, 4.69) is 31.0 Å². The minimum absolute atomic E-state index is 0. The number of guanidine groups is 1. The van der Waals surface area contributed by atoms with Crippen molar-refractivity contribution in [3.63, 3.8) is 0 Å². The van der Waals surface area contributed by atoms with Crippen LogP contribution in [0.4, 0.5) is 0 Å². The molecule has 5 nitrogen and oxygen atoms in total. The van der Waals surface area contributed by atoms with Crippen molar-refractivity contribution < 1.29 is 8.42 Å². The summed E-state index contributed by atoms with van der Waals surface area (Å²) in [6, 6.07) is 0. The van der Waals surface area contributed by atoms with Crippen LogP contribution in [0.1, 0.15) is 60.3 Å². The van der Waals surface area contributed by atoms with Gasteiger partial charge in [0.2, 0.25) is 0 Å². The normalized spacial score (nSPS) is 21.0.